The van der Waals surface area contributed by atoms with Gasteiger partial charge in [-0.1, -0.05) is 6.92 Å². The van der Waals surface area contributed by atoms with E-state index in [2.05, 4.69) is 25.7 Å². The first-order chi connectivity index (χ1) is 8.69. The normalized spacial score (nSPS) is 17.7. The van der Waals surface area contributed by atoms with E-state index >= 15 is 0 Å². The molecule has 0 aliphatic carbocycles. The van der Waals surface area contributed by atoms with Gasteiger partial charge in [0.15, 0.2) is 6.10 Å². The van der Waals surface area contributed by atoms with Gasteiger partial charge in [-0.25, -0.2) is 4.99 Å². The molecule has 0 aromatic heterocycles. The summed E-state index contributed by atoms with van der Waals surface area (Å²) >= 11 is 0. The second-order valence-corrected chi connectivity index (χ2v) is 4.38. The topological polar surface area (TPSA) is 50.9 Å². The number of ether oxygens (including phenoxy) is 1. The van der Waals surface area contributed by atoms with Crippen molar-refractivity contribution in [3.05, 3.63) is 18.2 Å². The first-order valence-corrected chi connectivity index (χ1v) is 6.59. The standard InChI is InChI=1S/C14H21N3O/c1-4-12-14(17(5-2)6-3)16-11-9-10(15)7-8-13(11)18-12/h7-9,12H,4-6,15H2,1-3H3. The lowest BCUT2D eigenvalue weighted by molar-refractivity contribution is 0.235. The van der Waals surface area contributed by atoms with Crippen molar-refractivity contribution in [3.63, 3.8) is 0 Å². The number of nitrogens with two attached hydrogens (primary N) is 1. The van der Waals surface area contributed by atoms with Crippen LogP contribution in [-0.2, 0) is 0 Å². The van der Waals surface area contributed by atoms with Crippen molar-refractivity contribution in [2.24, 2.45) is 4.99 Å². The first kappa shape index (κ1) is 12.7. The fraction of sp³-hybridized carbons (Fsp3) is 0.500. The van der Waals surface area contributed by atoms with Crippen molar-refractivity contribution in [3.8, 4) is 5.75 Å². The molecule has 1 aromatic rings. The predicted octanol–water partition coefficient (Wildman–Crippen LogP) is 2.81. The molecule has 0 saturated carbocycles. The molecule has 18 heavy (non-hydrogen) atoms. The van der Waals surface area contributed by atoms with Gasteiger partial charge in [0.2, 0.25) is 0 Å². The van der Waals surface area contributed by atoms with Crippen molar-refractivity contribution in [1.82, 2.24) is 4.90 Å². The van der Waals surface area contributed by atoms with E-state index in [0.717, 1.165) is 42.5 Å². The van der Waals surface area contributed by atoms with Crippen molar-refractivity contribution in [2.45, 2.75) is 33.3 Å². The molecule has 0 bridgehead atoms. The van der Waals surface area contributed by atoms with Crippen LogP contribution in [0.4, 0.5) is 11.4 Å². The van der Waals surface area contributed by atoms with Crippen LogP contribution in [0, 0.1) is 0 Å². The Hall–Kier alpha value is -1.71. The molecular weight excluding hydrogens is 226 g/mol. The summed E-state index contributed by atoms with van der Waals surface area (Å²) in [7, 11) is 0. The molecule has 4 heteroatoms. The van der Waals surface area contributed by atoms with Gasteiger partial charge in [0.05, 0.1) is 0 Å². The average molecular weight is 247 g/mol. The zero-order valence-corrected chi connectivity index (χ0v) is 11.3. The summed E-state index contributed by atoms with van der Waals surface area (Å²) in [6, 6.07) is 5.62. The SMILES string of the molecule is CCC1Oc2ccc(N)cc2N=C1N(CC)CC. The lowest BCUT2D eigenvalue weighted by atomic mass is 10.1. The van der Waals surface area contributed by atoms with E-state index in [9.17, 15) is 0 Å². The van der Waals surface area contributed by atoms with Gasteiger partial charge in [0.1, 0.15) is 17.3 Å². The summed E-state index contributed by atoms with van der Waals surface area (Å²) in [5.74, 6) is 1.84. The zero-order valence-electron chi connectivity index (χ0n) is 11.3. The number of benzene rings is 1. The third-order valence-corrected chi connectivity index (χ3v) is 3.23. The van der Waals surface area contributed by atoms with Gasteiger partial charge in [-0.15, -0.1) is 0 Å². The number of fused-ring (bicyclic) bond motifs is 1. The Balaban J connectivity index is 2.42. The third-order valence-electron chi connectivity index (χ3n) is 3.23. The van der Waals surface area contributed by atoms with Crippen LogP contribution < -0.4 is 10.5 Å². The molecule has 2 rings (SSSR count). The number of likely N-dealkylation sites (N-methyl/N-ethyl adjacent to an activating group) is 1. The fourth-order valence-electron chi connectivity index (χ4n) is 2.21. The summed E-state index contributed by atoms with van der Waals surface area (Å²) in [6.45, 7) is 8.26. The van der Waals surface area contributed by atoms with Gasteiger partial charge in [-0.2, -0.15) is 0 Å². The summed E-state index contributed by atoms with van der Waals surface area (Å²) < 4.78 is 6.01. The molecule has 0 amide bonds. The van der Waals surface area contributed by atoms with Crippen LogP contribution in [0.25, 0.3) is 0 Å². The molecule has 98 valence electrons. The van der Waals surface area contributed by atoms with Crippen molar-refractivity contribution in [1.29, 1.82) is 0 Å². The number of amidine groups is 1. The van der Waals surface area contributed by atoms with E-state index in [1.807, 2.05) is 18.2 Å². The molecule has 2 N–H and O–H groups in total. The van der Waals surface area contributed by atoms with Crippen LogP contribution in [0.2, 0.25) is 0 Å². The number of anilines is 1. The Kier molecular flexibility index (Phi) is 3.75. The number of nitrogens with zero attached hydrogens (tertiary/aromatic N) is 2. The molecule has 1 aliphatic heterocycles. The molecule has 1 aliphatic rings. The van der Waals surface area contributed by atoms with Crippen LogP contribution in [0.3, 0.4) is 0 Å². The maximum absolute atomic E-state index is 6.01. The number of rotatable bonds is 3. The quantitative estimate of drug-likeness (QED) is 0.836. The number of nitrogen functional groups attached to an aromatic ring is 1. The molecule has 1 heterocycles. The van der Waals surface area contributed by atoms with E-state index in [0.29, 0.717) is 0 Å². The molecular formula is C14H21N3O. The van der Waals surface area contributed by atoms with E-state index in [-0.39, 0.29) is 6.10 Å². The highest BCUT2D eigenvalue weighted by atomic mass is 16.5. The van der Waals surface area contributed by atoms with E-state index < -0.39 is 0 Å². The fourth-order valence-corrected chi connectivity index (χ4v) is 2.21. The van der Waals surface area contributed by atoms with Crippen molar-refractivity contribution < 1.29 is 4.74 Å². The van der Waals surface area contributed by atoms with Gasteiger partial charge in [0.25, 0.3) is 0 Å². The van der Waals surface area contributed by atoms with E-state index in [4.69, 9.17) is 15.5 Å². The number of hydrogen-bond donors (Lipinski definition) is 1. The Morgan fingerprint density at radius 1 is 1.28 bits per heavy atom. The highest BCUT2D eigenvalue weighted by molar-refractivity contribution is 5.91. The minimum absolute atomic E-state index is 0.0426. The average Bonchev–Trinajstić information content (AvgIpc) is 2.39. The Morgan fingerprint density at radius 2 is 2.00 bits per heavy atom. The van der Waals surface area contributed by atoms with Crippen LogP contribution in [-0.4, -0.2) is 29.9 Å². The molecule has 0 fully saturated rings. The molecule has 1 atom stereocenters. The van der Waals surface area contributed by atoms with Crippen LogP contribution in [0.1, 0.15) is 27.2 Å². The van der Waals surface area contributed by atoms with E-state index in [1.54, 1.807) is 0 Å². The Bertz CT molecular complexity index is 452. The highest BCUT2D eigenvalue weighted by Crippen LogP contribution is 2.35. The molecule has 0 radical (unpaired) electrons. The monoisotopic (exact) mass is 247 g/mol. The summed E-state index contributed by atoms with van der Waals surface area (Å²) in [5, 5.41) is 0. The highest BCUT2D eigenvalue weighted by Gasteiger charge is 2.26. The van der Waals surface area contributed by atoms with Crippen molar-refractivity contribution in [2.75, 3.05) is 18.8 Å². The molecule has 0 spiro atoms. The minimum atomic E-state index is 0.0426. The van der Waals surface area contributed by atoms with Gasteiger partial charge in [-0.3, -0.25) is 0 Å². The summed E-state index contributed by atoms with van der Waals surface area (Å²) in [4.78, 5) is 6.97. The maximum atomic E-state index is 6.01. The maximum Gasteiger partial charge on any atom is 0.156 e. The van der Waals surface area contributed by atoms with E-state index in [1.165, 1.54) is 0 Å². The number of hydrogen-bond acceptors (Lipinski definition) is 4. The van der Waals surface area contributed by atoms with Gasteiger partial charge in [0, 0.05) is 18.8 Å². The predicted molar refractivity (Wildman–Crippen MR) is 75.6 cm³/mol. The van der Waals surface area contributed by atoms with Gasteiger partial charge < -0.3 is 15.4 Å². The smallest absolute Gasteiger partial charge is 0.156 e. The lowest BCUT2D eigenvalue weighted by Crippen LogP contribution is -2.42. The lowest BCUT2D eigenvalue weighted by Gasteiger charge is -2.32. The Morgan fingerprint density at radius 3 is 2.61 bits per heavy atom. The van der Waals surface area contributed by atoms with Gasteiger partial charge in [-0.05, 0) is 38.5 Å². The first-order valence-electron chi connectivity index (χ1n) is 6.59. The van der Waals surface area contributed by atoms with Crippen LogP contribution in [0.5, 0.6) is 5.75 Å². The molecule has 1 unspecified atom stereocenters. The second kappa shape index (κ2) is 5.29. The number of aliphatic imine (C=N–C) groups is 1. The second-order valence-electron chi connectivity index (χ2n) is 4.38. The van der Waals surface area contributed by atoms with Crippen molar-refractivity contribution >= 4 is 17.2 Å². The van der Waals surface area contributed by atoms with Crippen LogP contribution >= 0.6 is 0 Å². The summed E-state index contributed by atoms with van der Waals surface area (Å²) in [6.07, 6.45) is 0.958. The third kappa shape index (κ3) is 2.28. The largest absolute Gasteiger partial charge is 0.480 e. The van der Waals surface area contributed by atoms with Gasteiger partial charge >= 0.3 is 0 Å². The molecule has 4 nitrogen and oxygen atoms in total. The molecule has 1 aromatic carbocycles. The molecule has 0 saturated heterocycles. The zero-order chi connectivity index (χ0) is 13.1. The summed E-state index contributed by atoms with van der Waals surface area (Å²) in [5.41, 5.74) is 7.35. The Labute approximate surface area is 108 Å². The van der Waals surface area contributed by atoms with Crippen LogP contribution in [0.15, 0.2) is 23.2 Å². The minimum Gasteiger partial charge on any atom is -0.480 e.